The fourth-order valence-electron chi connectivity index (χ4n) is 2.70. The second kappa shape index (κ2) is 5.10. The molecule has 1 fully saturated rings. The first-order valence-electron chi connectivity index (χ1n) is 6.82. The number of benzene rings is 2. The summed E-state index contributed by atoms with van der Waals surface area (Å²) < 4.78 is 5.26. The van der Waals surface area contributed by atoms with E-state index in [4.69, 9.17) is 4.74 Å². The number of anilines is 1. The zero-order valence-corrected chi connectivity index (χ0v) is 11.5. The van der Waals surface area contributed by atoms with Gasteiger partial charge < -0.3 is 15.0 Å². The maximum Gasteiger partial charge on any atom is 0.119 e. The minimum atomic E-state index is 0.556. The molecule has 1 aliphatic heterocycles. The molecule has 2 aromatic rings. The average Bonchev–Trinajstić information content (AvgIpc) is 2.46. The minimum Gasteiger partial charge on any atom is -0.497 e. The van der Waals surface area contributed by atoms with Crippen LogP contribution in [0.1, 0.15) is 6.92 Å². The summed E-state index contributed by atoms with van der Waals surface area (Å²) in [6, 6.07) is 13.4. The van der Waals surface area contributed by atoms with E-state index in [0.29, 0.717) is 6.04 Å². The van der Waals surface area contributed by atoms with E-state index in [1.807, 2.05) is 6.07 Å². The fraction of sp³-hybridized carbons (Fsp3) is 0.375. The predicted octanol–water partition coefficient (Wildman–Crippen LogP) is 2.65. The van der Waals surface area contributed by atoms with Crippen molar-refractivity contribution in [2.45, 2.75) is 13.0 Å². The van der Waals surface area contributed by atoms with Crippen LogP contribution in [0.25, 0.3) is 10.8 Å². The van der Waals surface area contributed by atoms with Crippen LogP contribution in [0.3, 0.4) is 0 Å². The molecular formula is C16H20N2O. The van der Waals surface area contributed by atoms with Crippen LogP contribution >= 0.6 is 0 Å². The standard InChI is InChI=1S/C16H20N2O/c1-12-11-18(8-7-17-12)15-5-3-14-10-16(19-2)6-4-13(14)9-15/h3-6,9-10,12,17H,7-8,11H2,1-2H3/t12-/m1/s1. The van der Waals surface area contributed by atoms with Crippen molar-refractivity contribution < 1.29 is 4.74 Å². The second-order valence-corrected chi connectivity index (χ2v) is 5.20. The number of nitrogens with zero attached hydrogens (tertiary/aromatic N) is 1. The first-order valence-corrected chi connectivity index (χ1v) is 6.82. The Morgan fingerprint density at radius 3 is 2.74 bits per heavy atom. The van der Waals surface area contributed by atoms with Crippen LogP contribution in [0.2, 0.25) is 0 Å². The highest BCUT2D eigenvalue weighted by atomic mass is 16.5. The molecule has 0 radical (unpaired) electrons. The maximum absolute atomic E-state index is 5.26. The second-order valence-electron chi connectivity index (χ2n) is 5.20. The molecule has 0 amide bonds. The number of piperazine rings is 1. The molecule has 2 aromatic carbocycles. The van der Waals surface area contributed by atoms with Crippen molar-refractivity contribution >= 4 is 16.5 Å². The predicted molar refractivity (Wildman–Crippen MR) is 80.2 cm³/mol. The molecule has 3 rings (SSSR count). The van der Waals surface area contributed by atoms with Crippen molar-refractivity contribution in [2.75, 3.05) is 31.6 Å². The molecule has 19 heavy (non-hydrogen) atoms. The van der Waals surface area contributed by atoms with Crippen molar-refractivity contribution in [1.29, 1.82) is 0 Å². The van der Waals surface area contributed by atoms with Gasteiger partial charge in [-0.2, -0.15) is 0 Å². The summed E-state index contributed by atoms with van der Waals surface area (Å²) in [5.74, 6) is 0.913. The summed E-state index contributed by atoms with van der Waals surface area (Å²) in [7, 11) is 1.71. The van der Waals surface area contributed by atoms with Gasteiger partial charge >= 0.3 is 0 Å². The SMILES string of the molecule is COc1ccc2cc(N3CCN[C@H](C)C3)ccc2c1. The normalized spacial score (nSPS) is 19.7. The maximum atomic E-state index is 5.26. The summed E-state index contributed by atoms with van der Waals surface area (Å²) in [5.41, 5.74) is 1.31. The Labute approximate surface area is 114 Å². The van der Waals surface area contributed by atoms with Crippen molar-refractivity contribution in [3.63, 3.8) is 0 Å². The number of hydrogen-bond donors (Lipinski definition) is 1. The van der Waals surface area contributed by atoms with Gasteiger partial charge in [0.05, 0.1) is 7.11 Å². The molecule has 0 spiro atoms. The summed E-state index contributed by atoms with van der Waals surface area (Å²) in [5, 5.41) is 5.97. The van der Waals surface area contributed by atoms with Crippen LogP contribution in [0.15, 0.2) is 36.4 Å². The largest absolute Gasteiger partial charge is 0.497 e. The van der Waals surface area contributed by atoms with Crippen LogP contribution in [-0.4, -0.2) is 32.8 Å². The minimum absolute atomic E-state index is 0.556. The number of rotatable bonds is 2. The third-order valence-electron chi connectivity index (χ3n) is 3.76. The molecule has 0 bridgehead atoms. The lowest BCUT2D eigenvalue weighted by Crippen LogP contribution is -2.49. The molecule has 0 aliphatic carbocycles. The lowest BCUT2D eigenvalue weighted by Gasteiger charge is -2.33. The van der Waals surface area contributed by atoms with Crippen LogP contribution in [0, 0.1) is 0 Å². The van der Waals surface area contributed by atoms with E-state index in [-0.39, 0.29) is 0 Å². The summed E-state index contributed by atoms with van der Waals surface area (Å²) >= 11 is 0. The average molecular weight is 256 g/mol. The molecule has 3 nitrogen and oxygen atoms in total. The first-order chi connectivity index (χ1) is 9.26. The third kappa shape index (κ3) is 2.51. The quantitative estimate of drug-likeness (QED) is 0.894. The lowest BCUT2D eigenvalue weighted by atomic mass is 10.1. The highest BCUT2D eigenvalue weighted by Gasteiger charge is 2.15. The van der Waals surface area contributed by atoms with E-state index in [2.05, 4.69) is 47.5 Å². The van der Waals surface area contributed by atoms with Gasteiger partial charge in [-0.15, -0.1) is 0 Å². The Hall–Kier alpha value is -1.74. The number of methoxy groups -OCH3 is 1. The molecule has 1 heterocycles. The van der Waals surface area contributed by atoms with Gasteiger partial charge in [0.25, 0.3) is 0 Å². The highest BCUT2D eigenvalue weighted by molar-refractivity contribution is 5.87. The van der Waals surface area contributed by atoms with E-state index in [1.54, 1.807) is 7.11 Å². The van der Waals surface area contributed by atoms with Gasteiger partial charge in [-0.05, 0) is 42.0 Å². The van der Waals surface area contributed by atoms with Gasteiger partial charge in [-0.25, -0.2) is 0 Å². The zero-order valence-electron chi connectivity index (χ0n) is 11.5. The molecule has 1 atom stereocenters. The van der Waals surface area contributed by atoms with Gasteiger partial charge in [0.2, 0.25) is 0 Å². The Balaban J connectivity index is 1.93. The van der Waals surface area contributed by atoms with Gasteiger partial charge in [-0.1, -0.05) is 12.1 Å². The monoisotopic (exact) mass is 256 g/mol. The highest BCUT2D eigenvalue weighted by Crippen LogP contribution is 2.26. The summed E-state index contributed by atoms with van der Waals surface area (Å²) in [6.07, 6.45) is 0. The third-order valence-corrected chi connectivity index (χ3v) is 3.76. The van der Waals surface area contributed by atoms with Crippen molar-refractivity contribution in [1.82, 2.24) is 5.32 Å². The Bertz CT molecular complexity index is 582. The smallest absolute Gasteiger partial charge is 0.119 e. The molecule has 1 aliphatic rings. The van der Waals surface area contributed by atoms with Crippen LogP contribution in [0.4, 0.5) is 5.69 Å². The number of ether oxygens (including phenoxy) is 1. The molecule has 1 N–H and O–H groups in total. The summed E-state index contributed by atoms with van der Waals surface area (Å²) in [4.78, 5) is 2.45. The van der Waals surface area contributed by atoms with E-state index in [1.165, 1.54) is 16.5 Å². The Morgan fingerprint density at radius 1 is 1.16 bits per heavy atom. The van der Waals surface area contributed by atoms with E-state index < -0.39 is 0 Å². The molecular weight excluding hydrogens is 236 g/mol. The van der Waals surface area contributed by atoms with Gasteiger partial charge in [0.15, 0.2) is 0 Å². The van der Waals surface area contributed by atoms with Gasteiger partial charge in [0.1, 0.15) is 5.75 Å². The summed E-state index contributed by atoms with van der Waals surface area (Å²) in [6.45, 7) is 5.44. The van der Waals surface area contributed by atoms with E-state index in [0.717, 1.165) is 25.4 Å². The molecule has 100 valence electrons. The molecule has 0 unspecified atom stereocenters. The van der Waals surface area contributed by atoms with Crippen LogP contribution < -0.4 is 15.0 Å². The van der Waals surface area contributed by atoms with Crippen LogP contribution in [-0.2, 0) is 0 Å². The fourth-order valence-corrected chi connectivity index (χ4v) is 2.70. The van der Waals surface area contributed by atoms with E-state index in [9.17, 15) is 0 Å². The Morgan fingerprint density at radius 2 is 1.95 bits per heavy atom. The van der Waals surface area contributed by atoms with Crippen molar-refractivity contribution in [3.05, 3.63) is 36.4 Å². The van der Waals surface area contributed by atoms with Crippen molar-refractivity contribution in [2.24, 2.45) is 0 Å². The number of hydrogen-bond acceptors (Lipinski definition) is 3. The lowest BCUT2D eigenvalue weighted by molar-refractivity contribution is 0.415. The van der Waals surface area contributed by atoms with Crippen molar-refractivity contribution in [3.8, 4) is 5.75 Å². The molecule has 0 aromatic heterocycles. The Kier molecular flexibility index (Phi) is 3.30. The topological polar surface area (TPSA) is 24.5 Å². The zero-order chi connectivity index (χ0) is 13.2. The first kappa shape index (κ1) is 12.3. The van der Waals surface area contributed by atoms with Crippen LogP contribution in [0.5, 0.6) is 5.75 Å². The van der Waals surface area contributed by atoms with E-state index >= 15 is 0 Å². The molecule has 0 saturated carbocycles. The number of fused-ring (bicyclic) bond motifs is 1. The van der Waals surface area contributed by atoms with Gasteiger partial charge in [0, 0.05) is 31.4 Å². The number of nitrogens with one attached hydrogen (secondary N) is 1. The van der Waals surface area contributed by atoms with Gasteiger partial charge in [-0.3, -0.25) is 0 Å². The molecule has 1 saturated heterocycles. The molecule has 3 heteroatoms.